The van der Waals surface area contributed by atoms with Crippen molar-refractivity contribution >= 4 is 5.78 Å². The topological polar surface area (TPSA) is 64.3 Å². The van der Waals surface area contributed by atoms with Crippen LogP contribution in [0.25, 0.3) is 16.9 Å². The van der Waals surface area contributed by atoms with Gasteiger partial charge in [0.1, 0.15) is 17.1 Å². The lowest BCUT2D eigenvalue weighted by atomic mass is 9.82. The molecule has 0 amide bonds. The summed E-state index contributed by atoms with van der Waals surface area (Å²) in [5, 5.41) is 15.9. The van der Waals surface area contributed by atoms with Crippen LogP contribution in [0, 0.1) is 6.92 Å². The van der Waals surface area contributed by atoms with Crippen LogP contribution < -0.4 is 4.74 Å². The van der Waals surface area contributed by atoms with Crippen molar-refractivity contribution in [2.45, 2.75) is 38.2 Å². The SMILES string of the molecule is COc1ccc(-n2nc(C3(O)CCC(=O)CC3)cc2-c2ccc(C)cc2)cc1. The van der Waals surface area contributed by atoms with Crippen LogP contribution in [-0.2, 0) is 10.4 Å². The molecule has 5 heteroatoms. The normalized spacial score (nSPS) is 16.2. The number of hydrogen-bond donors (Lipinski definition) is 1. The Hall–Kier alpha value is -2.92. The van der Waals surface area contributed by atoms with Gasteiger partial charge in [0, 0.05) is 18.4 Å². The number of nitrogens with zero attached hydrogens (tertiary/aromatic N) is 2. The third-order valence-electron chi connectivity index (χ3n) is 5.49. The number of carbonyl (C=O) groups excluding carboxylic acids is 1. The highest BCUT2D eigenvalue weighted by Gasteiger charge is 2.37. The zero-order valence-corrected chi connectivity index (χ0v) is 16.2. The summed E-state index contributed by atoms with van der Waals surface area (Å²) in [7, 11) is 1.64. The van der Waals surface area contributed by atoms with Gasteiger partial charge in [0.05, 0.1) is 24.2 Å². The number of ether oxygens (including phenoxy) is 1. The summed E-state index contributed by atoms with van der Waals surface area (Å²) in [4.78, 5) is 11.6. The fourth-order valence-corrected chi connectivity index (χ4v) is 3.66. The third kappa shape index (κ3) is 3.45. The molecule has 3 aromatic rings. The minimum absolute atomic E-state index is 0.207. The van der Waals surface area contributed by atoms with E-state index in [1.54, 1.807) is 7.11 Å². The predicted molar refractivity (Wildman–Crippen MR) is 108 cm³/mol. The van der Waals surface area contributed by atoms with Crippen LogP contribution in [0.15, 0.2) is 54.6 Å². The summed E-state index contributed by atoms with van der Waals surface area (Å²) in [6.07, 6.45) is 1.62. The molecule has 0 radical (unpaired) electrons. The number of methoxy groups -OCH3 is 1. The fraction of sp³-hybridized carbons (Fsp3) is 0.304. The van der Waals surface area contributed by atoms with Crippen molar-refractivity contribution in [3.8, 4) is 22.7 Å². The largest absolute Gasteiger partial charge is 0.497 e. The van der Waals surface area contributed by atoms with E-state index >= 15 is 0 Å². The molecule has 1 aromatic heterocycles. The maximum Gasteiger partial charge on any atom is 0.133 e. The minimum Gasteiger partial charge on any atom is -0.497 e. The summed E-state index contributed by atoms with van der Waals surface area (Å²) in [6.45, 7) is 2.05. The van der Waals surface area contributed by atoms with Crippen molar-refractivity contribution < 1.29 is 14.6 Å². The molecule has 1 saturated carbocycles. The van der Waals surface area contributed by atoms with Crippen LogP contribution >= 0.6 is 0 Å². The second-order valence-electron chi connectivity index (χ2n) is 7.46. The van der Waals surface area contributed by atoms with Crippen LogP contribution in [0.2, 0.25) is 0 Å². The van der Waals surface area contributed by atoms with Crippen molar-refractivity contribution in [1.82, 2.24) is 9.78 Å². The Balaban J connectivity index is 1.81. The molecule has 1 fully saturated rings. The number of Topliss-reactive ketones (excluding diaryl/α,β-unsaturated/α-hetero) is 1. The Bertz CT molecular complexity index is 978. The fourth-order valence-electron chi connectivity index (χ4n) is 3.66. The van der Waals surface area contributed by atoms with Crippen LogP contribution in [0.3, 0.4) is 0 Å². The Morgan fingerprint density at radius 3 is 2.29 bits per heavy atom. The van der Waals surface area contributed by atoms with Crippen molar-refractivity contribution in [1.29, 1.82) is 0 Å². The summed E-state index contributed by atoms with van der Waals surface area (Å²) in [5.41, 5.74) is 3.56. The summed E-state index contributed by atoms with van der Waals surface area (Å²) >= 11 is 0. The first-order chi connectivity index (χ1) is 13.5. The molecule has 28 heavy (non-hydrogen) atoms. The Morgan fingerprint density at radius 1 is 1.04 bits per heavy atom. The van der Waals surface area contributed by atoms with Gasteiger partial charge in [0.25, 0.3) is 0 Å². The smallest absolute Gasteiger partial charge is 0.133 e. The third-order valence-corrected chi connectivity index (χ3v) is 5.49. The monoisotopic (exact) mass is 376 g/mol. The van der Waals surface area contributed by atoms with Crippen molar-refractivity contribution in [3.63, 3.8) is 0 Å². The number of aromatic nitrogens is 2. The highest BCUT2D eigenvalue weighted by molar-refractivity contribution is 5.79. The van der Waals surface area contributed by atoms with Gasteiger partial charge in [-0.25, -0.2) is 4.68 Å². The lowest BCUT2D eigenvalue weighted by molar-refractivity contribution is -0.125. The molecule has 1 aliphatic rings. The minimum atomic E-state index is -1.06. The number of benzene rings is 2. The van der Waals surface area contributed by atoms with Crippen LogP contribution in [-0.4, -0.2) is 27.8 Å². The van der Waals surface area contributed by atoms with E-state index < -0.39 is 5.60 Å². The first-order valence-corrected chi connectivity index (χ1v) is 9.55. The van der Waals surface area contributed by atoms with E-state index in [1.807, 2.05) is 35.0 Å². The van der Waals surface area contributed by atoms with Crippen LogP contribution in [0.4, 0.5) is 0 Å². The molecule has 4 rings (SSSR count). The molecule has 0 unspecified atom stereocenters. The first-order valence-electron chi connectivity index (χ1n) is 9.55. The molecule has 0 bridgehead atoms. The Kier molecular flexibility index (Phi) is 4.77. The van der Waals surface area contributed by atoms with Gasteiger partial charge < -0.3 is 9.84 Å². The molecule has 5 nitrogen and oxygen atoms in total. The zero-order valence-electron chi connectivity index (χ0n) is 16.2. The number of aliphatic hydroxyl groups is 1. The summed E-state index contributed by atoms with van der Waals surface area (Å²) < 4.78 is 7.11. The van der Waals surface area contributed by atoms with Gasteiger partial charge in [-0.2, -0.15) is 5.10 Å². The second-order valence-corrected chi connectivity index (χ2v) is 7.46. The average Bonchev–Trinajstić information content (AvgIpc) is 3.17. The van der Waals surface area contributed by atoms with Crippen molar-refractivity contribution in [2.24, 2.45) is 0 Å². The maximum absolute atomic E-state index is 11.6. The highest BCUT2D eigenvalue weighted by Crippen LogP contribution is 2.37. The molecule has 1 N–H and O–H groups in total. The number of ketones is 1. The van der Waals surface area contributed by atoms with Gasteiger partial charge in [0.15, 0.2) is 0 Å². The highest BCUT2D eigenvalue weighted by atomic mass is 16.5. The standard InChI is InChI=1S/C23H24N2O3/c1-16-3-5-17(6-4-16)21-15-22(23(27)13-11-19(26)12-14-23)24-25(21)18-7-9-20(28-2)10-8-18/h3-10,15,27H,11-14H2,1-2H3. The van der Waals surface area contributed by atoms with Gasteiger partial charge >= 0.3 is 0 Å². The zero-order chi connectivity index (χ0) is 19.7. The Morgan fingerprint density at radius 2 is 1.68 bits per heavy atom. The Labute approximate surface area is 164 Å². The molecule has 0 aliphatic heterocycles. The molecule has 0 atom stereocenters. The van der Waals surface area contributed by atoms with E-state index in [1.165, 1.54) is 5.56 Å². The van der Waals surface area contributed by atoms with Crippen LogP contribution in [0.1, 0.15) is 36.9 Å². The second kappa shape index (κ2) is 7.24. The van der Waals surface area contributed by atoms with E-state index in [2.05, 4.69) is 31.2 Å². The molecule has 2 aromatic carbocycles. The molecular formula is C23H24N2O3. The quantitative estimate of drug-likeness (QED) is 0.742. The lowest BCUT2D eigenvalue weighted by Crippen LogP contribution is -2.32. The number of carbonyl (C=O) groups is 1. The van der Waals surface area contributed by atoms with Crippen LogP contribution in [0.5, 0.6) is 5.75 Å². The van der Waals surface area contributed by atoms with Gasteiger partial charge in [-0.3, -0.25) is 4.79 Å². The summed E-state index contributed by atoms with van der Waals surface area (Å²) in [6, 6.07) is 17.9. The molecule has 144 valence electrons. The van der Waals surface area contributed by atoms with E-state index in [4.69, 9.17) is 9.84 Å². The van der Waals surface area contributed by atoms with E-state index in [0.29, 0.717) is 31.4 Å². The number of aryl methyl sites for hydroxylation is 1. The van der Waals surface area contributed by atoms with Crippen molar-refractivity contribution in [3.05, 3.63) is 65.9 Å². The maximum atomic E-state index is 11.6. The number of hydrogen-bond acceptors (Lipinski definition) is 4. The van der Waals surface area contributed by atoms with Gasteiger partial charge in [-0.05, 0) is 50.1 Å². The molecule has 1 aliphatic carbocycles. The van der Waals surface area contributed by atoms with E-state index in [9.17, 15) is 9.90 Å². The summed E-state index contributed by atoms with van der Waals surface area (Å²) in [5.74, 6) is 0.982. The van der Waals surface area contributed by atoms with Crippen molar-refractivity contribution in [2.75, 3.05) is 7.11 Å². The lowest BCUT2D eigenvalue weighted by Gasteiger charge is -2.29. The van der Waals surface area contributed by atoms with Gasteiger partial charge in [-0.1, -0.05) is 29.8 Å². The first kappa shape index (κ1) is 18.4. The average molecular weight is 376 g/mol. The molecule has 0 spiro atoms. The van der Waals surface area contributed by atoms with Gasteiger partial charge in [0.2, 0.25) is 0 Å². The van der Waals surface area contributed by atoms with E-state index in [-0.39, 0.29) is 5.78 Å². The predicted octanol–water partition coefficient (Wildman–Crippen LogP) is 4.19. The van der Waals surface area contributed by atoms with Gasteiger partial charge in [-0.15, -0.1) is 0 Å². The molecule has 1 heterocycles. The molecular weight excluding hydrogens is 352 g/mol. The number of rotatable bonds is 4. The molecule has 0 saturated heterocycles. The van der Waals surface area contributed by atoms with E-state index in [0.717, 1.165) is 22.7 Å².